The van der Waals surface area contributed by atoms with Crippen LogP contribution >= 0.6 is 24.4 Å². The van der Waals surface area contributed by atoms with E-state index in [0.29, 0.717) is 0 Å². The van der Waals surface area contributed by atoms with Crippen molar-refractivity contribution in [3.8, 4) is 0 Å². The zero-order valence-corrected chi connectivity index (χ0v) is 9.40. The molecule has 0 amide bonds. The van der Waals surface area contributed by atoms with Crippen molar-refractivity contribution in [3.05, 3.63) is 0 Å². The van der Waals surface area contributed by atoms with Crippen LogP contribution in [-0.4, -0.2) is 68.2 Å². The number of rotatable bonds is 1. The van der Waals surface area contributed by atoms with E-state index >= 15 is 0 Å². The number of nitrogens with two attached hydrogens (primary N) is 1. The molecule has 0 saturated carbocycles. The van der Waals surface area contributed by atoms with Crippen molar-refractivity contribution >= 4 is 64.3 Å². The number of hydrogen-bond acceptors (Lipinski definition) is 3. The fourth-order valence-corrected chi connectivity index (χ4v) is 1.27. The summed E-state index contributed by atoms with van der Waals surface area (Å²) < 4.78 is 0. The first-order valence-electron chi connectivity index (χ1n) is 4.25. The van der Waals surface area contributed by atoms with Gasteiger partial charge in [-0.15, -0.1) is 0 Å². The molecular formula is C7H16N3NaO2S2. The van der Waals surface area contributed by atoms with Gasteiger partial charge in [0.15, 0.2) is 0 Å². The summed E-state index contributed by atoms with van der Waals surface area (Å²) in [5.74, 6) is 0. The third-order valence-electron chi connectivity index (χ3n) is 1.61. The van der Waals surface area contributed by atoms with Crippen LogP contribution in [0.1, 0.15) is 19.3 Å². The Kier molecular flexibility index (Phi) is 12.8. The molecule has 0 unspecified atom stereocenters. The van der Waals surface area contributed by atoms with Gasteiger partial charge in [0.25, 0.3) is 10.3 Å². The molecule has 1 aliphatic heterocycles. The number of thiocarbonyl (C=S) groups is 2. The molecule has 8 heteroatoms. The van der Waals surface area contributed by atoms with Crippen molar-refractivity contribution in [1.82, 2.24) is 10.4 Å². The van der Waals surface area contributed by atoms with Crippen LogP contribution in [0.2, 0.25) is 0 Å². The van der Waals surface area contributed by atoms with Crippen LogP contribution in [0.3, 0.4) is 0 Å². The Balaban J connectivity index is 0. The Hall–Kier alpha value is 0.340. The second-order valence-electron chi connectivity index (χ2n) is 2.80. The number of nitrogens with zero attached hydrogens (tertiary/aromatic N) is 1. The van der Waals surface area contributed by atoms with Crippen LogP contribution in [0.25, 0.3) is 0 Å². The predicted octanol–water partition coefficient (Wildman–Crippen LogP) is -0.0407. The number of hydrogen-bond donors (Lipinski definition) is 4. The number of nitrogens with one attached hydrogen (secondary N) is 1. The molecule has 0 aromatic heterocycles. The molecule has 0 aromatic rings. The number of aliphatic hydroxyl groups is 2. The summed E-state index contributed by atoms with van der Waals surface area (Å²) in [5.41, 5.74) is 7.10. The van der Waals surface area contributed by atoms with Crippen molar-refractivity contribution < 1.29 is 10.2 Å². The Morgan fingerprint density at radius 3 is 1.87 bits per heavy atom. The maximum atomic E-state index is 8.68. The average molecular weight is 261 g/mol. The summed E-state index contributed by atoms with van der Waals surface area (Å²) >= 11 is 8.35. The summed E-state index contributed by atoms with van der Waals surface area (Å²) in [6, 6.07) is 0. The first kappa shape index (κ1) is 17.7. The van der Waals surface area contributed by atoms with Crippen LogP contribution in [0.4, 0.5) is 0 Å². The molecule has 0 aromatic carbocycles. The molecule has 1 fully saturated rings. The second kappa shape index (κ2) is 10.8. The topological polar surface area (TPSA) is 81.8 Å². The van der Waals surface area contributed by atoms with Gasteiger partial charge in [0.2, 0.25) is 0 Å². The Morgan fingerprint density at radius 1 is 1.13 bits per heavy atom. The van der Waals surface area contributed by atoms with Gasteiger partial charge in [0.1, 0.15) is 0 Å². The second-order valence-corrected chi connectivity index (χ2v) is 3.61. The van der Waals surface area contributed by atoms with Crippen LogP contribution in [0.5, 0.6) is 0 Å². The van der Waals surface area contributed by atoms with Gasteiger partial charge in [0, 0.05) is 13.1 Å². The van der Waals surface area contributed by atoms with Crippen LogP contribution in [0.15, 0.2) is 0 Å². The molecule has 0 aliphatic carbocycles. The fourth-order valence-electron chi connectivity index (χ4n) is 1.14. The average Bonchev–Trinajstić information content (AvgIpc) is 2.03. The van der Waals surface area contributed by atoms with E-state index in [4.69, 9.17) is 10.2 Å². The maximum absolute atomic E-state index is 8.68. The van der Waals surface area contributed by atoms with Gasteiger partial charge in [-0.1, -0.05) is 6.42 Å². The molecule has 15 heavy (non-hydrogen) atoms. The summed E-state index contributed by atoms with van der Waals surface area (Å²) in [7, 11) is 0. The predicted molar refractivity (Wildman–Crippen MR) is 70.3 cm³/mol. The minimum absolute atomic E-state index is 0. The molecule has 1 saturated heterocycles. The van der Waals surface area contributed by atoms with Crippen molar-refractivity contribution in [3.63, 3.8) is 0 Å². The Morgan fingerprint density at radius 2 is 1.53 bits per heavy atom. The first-order valence-corrected chi connectivity index (χ1v) is 5.07. The zero-order valence-electron chi connectivity index (χ0n) is 7.77. The van der Waals surface area contributed by atoms with Gasteiger partial charge in [-0.25, -0.2) is 5.01 Å². The van der Waals surface area contributed by atoms with E-state index in [1.165, 1.54) is 19.3 Å². The van der Waals surface area contributed by atoms with Gasteiger partial charge in [-0.2, -0.15) is 0 Å². The third-order valence-corrected chi connectivity index (χ3v) is 1.70. The molecule has 0 radical (unpaired) electrons. The Bertz CT molecular complexity index is 197. The van der Waals surface area contributed by atoms with E-state index in [0.717, 1.165) is 13.1 Å². The van der Waals surface area contributed by atoms with Crippen LogP contribution in [0, 0.1) is 0 Å². The van der Waals surface area contributed by atoms with E-state index < -0.39 is 5.17 Å². The molecule has 1 heterocycles. The molecule has 1 rings (SSSR count). The van der Waals surface area contributed by atoms with Crippen molar-refractivity contribution in [2.24, 2.45) is 5.73 Å². The number of aliphatic hydroxyl groups excluding tert-OH is 2. The summed E-state index contributed by atoms with van der Waals surface area (Å²) in [6.45, 7) is 1.97. The van der Waals surface area contributed by atoms with E-state index in [-0.39, 0.29) is 34.7 Å². The van der Waals surface area contributed by atoms with E-state index in [2.05, 4.69) is 35.6 Å². The van der Waals surface area contributed by atoms with E-state index in [9.17, 15) is 0 Å². The zero-order chi connectivity index (χ0) is 11.0. The summed E-state index contributed by atoms with van der Waals surface area (Å²) in [5, 5.41) is 17.6. The van der Waals surface area contributed by atoms with Crippen molar-refractivity contribution in [2.45, 2.75) is 19.3 Å². The van der Waals surface area contributed by atoms with E-state index in [1.54, 1.807) is 0 Å². The number of hydrazine groups is 1. The minimum atomic E-state index is -0.500. The van der Waals surface area contributed by atoms with Gasteiger partial charge >= 0.3 is 29.6 Å². The van der Waals surface area contributed by atoms with Crippen molar-refractivity contribution in [1.29, 1.82) is 0 Å². The van der Waals surface area contributed by atoms with Crippen molar-refractivity contribution in [2.75, 3.05) is 13.1 Å². The quantitative estimate of drug-likeness (QED) is 0.389. The molecule has 1 aliphatic rings. The van der Waals surface area contributed by atoms with Crippen LogP contribution < -0.4 is 11.2 Å². The normalized spacial score (nSPS) is 15.2. The molecular weight excluding hydrogens is 245 g/mol. The standard InChI is InChI=1S/C6H12N2OS.CH3NOS.Na.H/c9-6(10)7-8-4-2-1-3-5-8;2-1(3)4;;/h1-5H2,(H2,7,9,10);(H3,2,3,4);;. The van der Waals surface area contributed by atoms with E-state index in [1.807, 2.05) is 5.01 Å². The van der Waals surface area contributed by atoms with Gasteiger partial charge in [-0.05, 0) is 37.3 Å². The van der Waals surface area contributed by atoms with Gasteiger partial charge in [0.05, 0.1) is 0 Å². The monoisotopic (exact) mass is 261 g/mol. The molecule has 0 bridgehead atoms. The molecule has 5 nitrogen and oxygen atoms in total. The summed E-state index contributed by atoms with van der Waals surface area (Å²) in [4.78, 5) is 0. The first-order chi connectivity index (χ1) is 6.52. The van der Waals surface area contributed by atoms with Crippen LogP contribution in [-0.2, 0) is 0 Å². The molecule has 0 atom stereocenters. The molecule has 84 valence electrons. The van der Waals surface area contributed by atoms with Gasteiger partial charge in [-0.3, -0.25) is 5.43 Å². The molecule has 5 N–H and O–H groups in total. The Labute approximate surface area is 122 Å². The third kappa shape index (κ3) is 14.3. The SMILES string of the molecule is NC(O)=S.OC(=S)NN1CCCCC1.[NaH]. The summed E-state index contributed by atoms with van der Waals surface area (Å²) in [6.07, 6.45) is 3.67. The molecule has 0 spiro atoms. The fraction of sp³-hybridized carbons (Fsp3) is 0.714. The van der Waals surface area contributed by atoms with Gasteiger partial charge < -0.3 is 15.9 Å². The number of piperidine rings is 1.